The first kappa shape index (κ1) is 21.2. The predicted molar refractivity (Wildman–Crippen MR) is 113 cm³/mol. The number of ether oxygens (including phenoxy) is 1. The number of halogens is 2. The summed E-state index contributed by atoms with van der Waals surface area (Å²) in [6.45, 7) is 2.29. The van der Waals surface area contributed by atoms with Gasteiger partial charge < -0.3 is 15.8 Å². The minimum atomic E-state index is -1.91. The Bertz CT molecular complexity index is 1310. The molecule has 0 saturated heterocycles. The molecule has 1 aliphatic rings. The SMILES string of the molecule is Cc1cc(C#Cc2cnc3c(c2)OCCN3)cnc1-n1cnn(CC(CN)=C(F)F)c1=O. The Kier molecular flexibility index (Phi) is 5.96. The second-order valence-electron chi connectivity index (χ2n) is 6.97. The molecule has 3 N–H and O–H groups in total. The molecular formula is C21H19F2N7O2. The minimum Gasteiger partial charge on any atom is -0.488 e. The Labute approximate surface area is 181 Å². The van der Waals surface area contributed by atoms with Crippen LogP contribution in [0.5, 0.6) is 5.75 Å². The van der Waals surface area contributed by atoms with E-state index in [9.17, 15) is 13.6 Å². The molecule has 9 nitrogen and oxygen atoms in total. The Balaban J connectivity index is 1.57. The standard InChI is InChI=1S/C21H19F2N7O2/c1-13-6-14(2-3-15-7-17-19(26-9-15)25-4-5-32-17)10-27-20(13)29-12-28-30(21(29)31)11-16(8-24)18(22)23/h6-7,9-10,12H,4-5,8,11,24H2,1H3,(H,25,26). The van der Waals surface area contributed by atoms with Crippen LogP contribution in [-0.4, -0.2) is 44.0 Å². The second-order valence-corrected chi connectivity index (χ2v) is 6.97. The van der Waals surface area contributed by atoms with E-state index in [0.29, 0.717) is 47.2 Å². The average molecular weight is 439 g/mol. The first-order chi connectivity index (χ1) is 15.5. The zero-order valence-electron chi connectivity index (χ0n) is 17.1. The summed E-state index contributed by atoms with van der Waals surface area (Å²) in [6, 6.07) is 3.59. The van der Waals surface area contributed by atoms with Gasteiger partial charge in [0, 0.05) is 41.7 Å². The molecule has 0 unspecified atom stereocenters. The molecule has 32 heavy (non-hydrogen) atoms. The van der Waals surface area contributed by atoms with Crippen LogP contribution in [0.3, 0.4) is 0 Å². The number of aromatic nitrogens is 5. The lowest BCUT2D eigenvalue weighted by atomic mass is 10.2. The Hall–Kier alpha value is -4.04. The van der Waals surface area contributed by atoms with E-state index in [0.717, 1.165) is 4.68 Å². The monoisotopic (exact) mass is 439 g/mol. The molecule has 0 bridgehead atoms. The number of anilines is 1. The van der Waals surface area contributed by atoms with E-state index in [1.165, 1.54) is 17.1 Å². The molecule has 164 valence electrons. The number of pyridine rings is 2. The molecule has 11 heteroatoms. The maximum atomic E-state index is 12.8. The highest BCUT2D eigenvalue weighted by Crippen LogP contribution is 2.25. The van der Waals surface area contributed by atoms with Gasteiger partial charge in [-0.2, -0.15) is 13.9 Å². The van der Waals surface area contributed by atoms with Crippen LogP contribution in [0.2, 0.25) is 0 Å². The second kappa shape index (κ2) is 8.99. The lowest BCUT2D eigenvalue weighted by Gasteiger charge is -2.17. The number of fused-ring (bicyclic) bond motifs is 1. The molecule has 0 spiro atoms. The zero-order valence-corrected chi connectivity index (χ0v) is 17.1. The van der Waals surface area contributed by atoms with E-state index in [4.69, 9.17) is 10.5 Å². The van der Waals surface area contributed by atoms with E-state index in [-0.39, 0.29) is 18.7 Å². The molecule has 3 aromatic heterocycles. The van der Waals surface area contributed by atoms with Gasteiger partial charge in [0.2, 0.25) is 0 Å². The first-order valence-electron chi connectivity index (χ1n) is 9.69. The quantitative estimate of drug-likeness (QED) is 0.592. The molecule has 0 aliphatic carbocycles. The molecule has 0 radical (unpaired) electrons. The summed E-state index contributed by atoms with van der Waals surface area (Å²) < 4.78 is 33.4. The van der Waals surface area contributed by atoms with Crippen molar-refractivity contribution in [1.29, 1.82) is 0 Å². The maximum absolute atomic E-state index is 12.8. The van der Waals surface area contributed by atoms with Crippen LogP contribution in [0.1, 0.15) is 16.7 Å². The summed E-state index contributed by atoms with van der Waals surface area (Å²) in [4.78, 5) is 21.2. The van der Waals surface area contributed by atoms with Crippen LogP contribution in [0.15, 0.2) is 47.3 Å². The number of hydrogen-bond acceptors (Lipinski definition) is 7. The average Bonchev–Trinajstić information content (AvgIpc) is 3.15. The fourth-order valence-corrected chi connectivity index (χ4v) is 3.09. The zero-order chi connectivity index (χ0) is 22.7. The van der Waals surface area contributed by atoms with Crippen LogP contribution in [0.4, 0.5) is 14.6 Å². The van der Waals surface area contributed by atoms with Crippen LogP contribution < -0.4 is 21.5 Å². The topological polar surface area (TPSA) is 113 Å². The molecule has 4 rings (SSSR count). The lowest BCUT2D eigenvalue weighted by Crippen LogP contribution is -2.27. The van der Waals surface area contributed by atoms with Gasteiger partial charge in [0.05, 0.1) is 13.1 Å². The van der Waals surface area contributed by atoms with Gasteiger partial charge in [-0.1, -0.05) is 11.8 Å². The van der Waals surface area contributed by atoms with Crippen molar-refractivity contribution in [3.8, 4) is 23.4 Å². The van der Waals surface area contributed by atoms with Gasteiger partial charge in [-0.3, -0.25) is 0 Å². The van der Waals surface area contributed by atoms with Crippen LogP contribution in [0, 0.1) is 18.8 Å². The molecule has 0 amide bonds. The van der Waals surface area contributed by atoms with Gasteiger partial charge in [-0.25, -0.2) is 24.0 Å². The van der Waals surface area contributed by atoms with Crippen molar-refractivity contribution >= 4 is 5.82 Å². The maximum Gasteiger partial charge on any atom is 0.351 e. The Morgan fingerprint density at radius 2 is 2.00 bits per heavy atom. The van der Waals surface area contributed by atoms with E-state index < -0.39 is 11.8 Å². The molecule has 0 saturated carbocycles. The number of aryl methyl sites for hydroxylation is 1. The Morgan fingerprint density at radius 1 is 1.25 bits per heavy atom. The van der Waals surface area contributed by atoms with Gasteiger partial charge in [-0.05, 0) is 18.6 Å². The van der Waals surface area contributed by atoms with E-state index in [2.05, 4.69) is 32.2 Å². The van der Waals surface area contributed by atoms with Gasteiger partial charge in [0.1, 0.15) is 18.8 Å². The molecule has 0 aromatic carbocycles. The Morgan fingerprint density at radius 3 is 2.72 bits per heavy atom. The fourth-order valence-electron chi connectivity index (χ4n) is 3.09. The molecule has 3 aromatic rings. The summed E-state index contributed by atoms with van der Waals surface area (Å²) >= 11 is 0. The summed E-state index contributed by atoms with van der Waals surface area (Å²) in [5.41, 5.74) is 6.35. The highest BCUT2D eigenvalue weighted by Gasteiger charge is 2.14. The van der Waals surface area contributed by atoms with Crippen molar-refractivity contribution in [2.24, 2.45) is 5.73 Å². The lowest BCUT2D eigenvalue weighted by molar-refractivity contribution is 0.321. The third-order valence-corrected chi connectivity index (χ3v) is 4.72. The smallest absolute Gasteiger partial charge is 0.351 e. The fraction of sp³-hybridized carbons (Fsp3) is 0.238. The summed E-state index contributed by atoms with van der Waals surface area (Å²) in [7, 11) is 0. The van der Waals surface area contributed by atoms with Crippen molar-refractivity contribution in [2.45, 2.75) is 13.5 Å². The third-order valence-electron chi connectivity index (χ3n) is 4.72. The van der Waals surface area contributed by atoms with Crippen LogP contribution in [-0.2, 0) is 6.54 Å². The number of nitrogens with zero attached hydrogens (tertiary/aromatic N) is 5. The molecule has 0 fully saturated rings. The van der Waals surface area contributed by atoms with Gasteiger partial charge in [0.25, 0.3) is 6.08 Å². The number of nitrogens with one attached hydrogen (secondary N) is 1. The highest BCUT2D eigenvalue weighted by molar-refractivity contribution is 5.56. The summed E-state index contributed by atoms with van der Waals surface area (Å²) in [5.74, 6) is 7.72. The van der Waals surface area contributed by atoms with E-state index in [1.807, 2.05) is 6.07 Å². The van der Waals surface area contributed by atoms with Gasteiger partial charge in [0.15, 0.2) is 11.6 Å². The van der Waals surface area contributed by atoms with Crippen LogP contribution >= 0.6 is 0 Å². The minimum absolute atomic E-state index is 0.334. The van der Waals surface area contributed by atoms with Crippen molar-refractivity contribution in [3.63, 3.8) is 0 Å². The van der Waals surface area contributed by atoms with Gasteiger partial charge in [-0.15, -0.1) is 0 Å². The van der Waals surface area contributed by atoms with Gasteiger partial charge >= 0.3 is 5.69 Å². The summed E-state index contributed by atoms with van der Waals surface area (Å²) in [6.07, 6.45) is 2.50. The highest BCUT2D eigenvalue weighted by atomic mass is 19.3. The van der Waals surface area contributed by atoms with Crippen molar-refractivity contribution in [2.75, 3.05) is 25.0 Å². The largest absolute Gasteiger partial charge is 0.488 e. The van der Waals surface area contributed by atoms with Crippen molar-refractivity contribution < 1.29 is 13.5 Å². The molecular weight excluding hydrogens is 420 g/mol. The molecule has 1 aliphatic heterocycles. The number of rotatable bonds is 4. The number of nitrogens with two attached hydrogens (primary N) is 1. The normalized spacial score (nSPS) is 12.1. The number of hydrogen-bond donors (Lipinski definition) is 2. The van der Waals surface area contributed by atoms with Crippen LogP contribution in [0.25, 0.3) is 5.82 Å². The van der Waals surface area contributed by atoms with Crippen molar-refractivity contribution in [1.82, 2.24) is 24.3 Å². The van der Waals surface area contributed by atoms with E-state index >= 15 is 0 Å². The summed E-state index contributed by atoms with van der Waals surface area (Å²) in [5, 5.41) is 7.03. The third kappa shape index (κ3) is 4.35. The van der Waals surface area contributed by atoms with Crippen molar-refractivity contribution in [3.05, 3.63) is 69.7 Å². The molecule has 4 heterocycles. The predicted octanol–water partition coefficient (Wildman–Crippen LogP) is 1.45. The molecule has 0 atom stereocenters. The first-order valence-corrected chi connectivity index (χ1v) is 9.69. The van der Waals surface area contributed by atoms with E-state index in [1.54, 1.807) is 19.2 Å².